The average Bonchev–Trinajstić information content (AvgIpc) is 2.56. The Morgan fingerprint density at radius 3 is 2.68 bits per heavy atom. The van der Waals surface area contributed by atoms with Crippen LogP contribution in [0.5, 0.6) is 0 Å². The number of pyridine rings is 1. The molecule has 1 unspecified atom stereocenters. The highest BCUT2D eigenvalue weighted by atomic mass is 15.3. The fraction of sp³-hybridized carbons (Fsp3) is 0.647. The number of hydrogen-bond acceptors (Lipinski definition) is 5. The third-order valence-corrected chi connectivity index (χ3v) is 5.07. The molecule has 0 aromatic carbocycles. The van der Waals surface area contributed by atoms with Gasteiger partial charge in [0.15, 0.2) is 5.69 Å². The summed E-state index contributed by atoms with van der Waals surface area (Å²) in [6.07, 6.45) is 4.24. The van der Waals surface area contributed by atoms with Gasteiger partial charge < -0.3 is 9.80 Å². The van der Waals surface area contributed by atoms with Gasteiger partial charge in [-0.3, -0.25) is 4.90 Å². The maximum Gasteiger partial charge on any atom is 0.163 e. The highest BCUT2D eigenvalue weighted by molar-refractivity contribution is 5.56. The van der Waals surface area contributed by atoms with Crippen LogP contribution in [0.15, 0.2) is 18.3 Å². The second kappa shape index (κ2) is 6.64. The van der Waals surface area contributed by atoms with Crippen molar-refractivity contribution in [3.05, 3.63) is 24.0 Å². The molecule has 0 radical (unpaired) electrons. The summed E-state index contributed by atoms with van der Waals surface area (Å²) in [6.45, 7) is 7.77. The van der Waals surface area contributed by atoms with Gasteiger partial charge in [0.1, 0.15) is 6.07 Å². The molecule has 3 rings (SSSR count). The molecule has 5 heteroatoms. The number of piperidine rings is 1. The van der Waals surface area contributed by atoms with E-state index in [0.29, 0.717) is 11.7 Å². The Morgan fingerprint density at radius 1 is 1.23 bits per heavy atom. The molecule has 0 N–H and O–H groups in total. The third-order valence-electron chi connectivity index (χ3n) is 5.07. The van der Waals surface area contributed by atoms with E-state index < -0.39 is 0 Å². The van der Waals surface area contributed by atoms with Gasteiger partial charge >= 0.3 is 0 Å². The molecule has 0 saturated carbocycles. The Morgan fingerprint density at radius 2 is 2.00 bits per heavy atom. The van der Waals surface area contributed by atoms with Crippen LogP contribution in [-0.4, -0.2) is 66.6 Å². The zero-order valence-corrected chi connectivity index (χ0v) is 13.6. The van der Waals surface area contributed by atoms with Crippen LogP contribution in [-0.2, 0) is 0 Å². The van der Waals surface area contributed by atoms with Crippen LogP contribution >= 0.6 is 0 Å². The number of nitrogens with zero attached hydrogens (tertiary/aromatic N) is 5. The van der Waals surface area contributed by atoms with Gasteiger partial charge in [0, 0.05) is 37.9 Å². The van der Waals surface area contributed by atoms with Crippen LogP contribution in [0, 0.1) is 11.3 Å². The Bertz CT molecular complexity index is 544. The number of anilines is 1. The van der Waals surface area contributed by atoms with E-state index in [-0.39, 0.29) is 0 Å². The molecule has 22 heavy (non-hydrogen) atoms. The van der Waals surface area contributed by atoms with Crippen molar-refractivity contribution < 1.29 is 0 Å². The average molecular weight is 299 g/mol. The molecule has 1 aromatic rings. The maximum atomic E-state index is 9.24. The molecule has 2 saturated heterocycles. The van der Waals surface area contributed by atoms with E-state index in [9.17, 15) is 5.26 Å². The minimum Gasteiger partial charge on any atom is -0.366 e. The van der Waals surface area contributed by atoms with Gasteiger partial charge in [0.25, 0.3) is 0 Å². The molecular formula is C17H25N5. The summed E-state index contributed by atoms with van der Waals surface area (Å²) >= 11 is 0. The van der Waals surface area contributed by atoms with Crippen molar-refractivity contribution in [2.75, 3.05) is 44.7 Å². The van der Waals surface area contributed by atoms with Gasteiger partial charge in [-0.05, 0) is 52.0 Å². The number of hydrogen-bond donors (Lipinski definition) is 0. The van der Waals surface area contributed by atoms with Gasteiger partial charge in [-0.2, -0.15) is 5.26 Å². The lowest BCUT2D eigenvalue weighted by Crippen LogP contribution is -2.57. The molecule has 2 fully saturated rings. The quantitative estimate of drug-likeness (QED) is 0.829. The van der Waals surface area contributed by atoms with Crippen molar-refractivity contribution in [1.29, 1.82) is 5.26 Å². The summed E-state index contributed by atoms with van der Waals surface area (Å²) in [5.74, 6) is 0. The predicted molar refractivity (Wildman–Crippen MR) is 87.9 cm³/mol. The van der Waals surface area contributed by atoms with E-state index >= 15 is 0 Å². The Labute approximate surface area is 133 Å². The van der Waals surface area contributed by atoms with Gasteiger partial charge in [0.2, 0.25) is 0 Å². The second-order valence-corrected chi connectivity index (χ2v) is 6.55. The molecule has 0 aliphatic carbocycles. The molecule has 1 atom stereocenters. The third kappa shape index (κ3) is 3.08. The minimum atomic E-state index is 0.522. The highest BCUT2D eigenvalue weighted by Crippen LogP contribution is 2.25. The molecule has 3 heterocycles. The number of nitriles is 1. The standard InChI is InChI=1S/C17H25N5/c1-14-13-21(17-4-3-7-19-16(17)12-18)10-11-22(14)15-5-8-20(2)9-6-15/h3-4,7,14-15H,5-6,8-11,13H2,1-2H3. The van der Waals surface area contributed by atoms with Crippen molar-refractivity contribution in [2.24, 2.45) is 0 Å². The topological polar surface area (TPSA) is 46.4 Å². The molecule has 0 amide bonds. The van der Waals surface area contributed by atoms with Gasteiger partial charge in [-0.1, -0.05) is 0 Å². The SMILES string of the molecule is CC1CN(c2cccnc2C#N)CCN1C1CCN(C)CC1. The number of aromatic nitrogens is 1. The first-order valence-corrected chi connectivity index (χ1v) is 8.23. The first-order valence-electron chi connectivity index (χ1n) is 8.23. The van der Waals surface area contributed by atoms with Crippen LogP contribution in [0.3, 0.4) is 0 Å². The molecule has 0 bridgehead atoms. The summed E-state index contributed by atoms with van der Waals surface area (Å²) in [4.78, 5) is 11.6. The summed E-state index contributed by atoms with van der Waals surface area (Å²) in [7, 11) is 2.21. The molecular weight excluding hydrogens is 274 g/mol. The van der Waals surface area contributed by atoms with Crippen LogP contribution < -0.4 is 4.90 Å². The fourth-order valence-electron chi connectivity index (χ4n) is 3.80. The van der Waals surface area contributed by atoms with E-state index in [4.69, 9.17) is 0 Å². The van der Waals surface area contributed by atoms with Crippen molar-refractivity contribution in [1.82, 2.24) is 14.8 Å². The van der Waals surface area contributed by atoms with E-state index in [2.05, 4.69) is 39.7 Å². The first-order chi connectivity index (χ1) is 10.7. The maximum absolute atomic E-state index is 9.24. The fourth-order valence-corrected chi connectivity index (χ4v) is 3.80. The summed E-state index contributed by atoms with van der Waals surface area (Å²) < 4.78 is 0. The monoisotopic (exact) mass is 299 g/mol. The lowest BCUT2D eigenvalue weighted by Gasteiger charge is -2.46. The molecule has 118 valence electrons. The van der Waals surface area contributed by atoms with E-state index in [1.165, 1.54) is 25.9 Å². The number of rotatable bonds is 2. The second-order valence-electron chi connectivity index (χ2n) is 6.55. The zero-order chi connectivity index (χ0) is 15.5. The van der Waals surface area contributed by atoms with Crippen LogP contribution in [0.1, 0.15) is 25.5 Å². The molecule has 1 aromatic heterocycles. The van der Waals surface area contributed by atoms with Crippen LogP contribution in [0.25, 0.3) is 0 Å². The smallest absolute Gasteiger partial charge is 0.163 e. The normalized spacial score (nSPS) is 25.1. The zero-order valence-electron chi connectivity index (χ0n) is 13.6. The predicted octanol–water partition coefficient (Wildman–Crippen LogP) is 1.56. The Kier molecular flexibility index (Phi) is 4.60. The van der Waals surface area contributed by atoms with Gasteiger partial charge in [0.05, 0.1) is 5.69 Å². The highest BCUT2D eigenvalue weighted by Gasteiger charge is 2.31. The van der Waals surface area contributed by atoms with E-state index in [1.807, 2.05) is 12.1 Å². The number of likely N-dealkylation sites (tertiary alicyclic amines) is 1. The Hall–Kier alpha value is -1.64. The van der Waals surface area contributed by atoms with Crippen molar-refractivity contribution in [2.45, 2.75) is 31.8 Å². The van der Waals surface area contributed by atoms with Crippen molar-refractivity contribution >= 4 is 5.69 Å². The summed E-state index contributed by atoms with van der Waals surface area (Å²) in [6, 6.07) is 7.40. The largest absolute Gasteiger partial charge is 0.366 e. The van der Waals surface area contributed by atoms with Gasteiger partial charge in [-0.25, -0.2) is 4.98 Å². The minimum absolute atomic E-state index is 0.522. The van der Waals surface area contributed by atoms with Crippen molar-refractivity contribution in [3.63, 3.8) is 0 Å². The Balaban J connectivity index is 1.66. The molecule has 5 nitrogen and oxygen atoms in total. The lowest BCUT2D eigenvalue weighted by atomic mass is 10.00. The van der Waals surface area contributed by atoms with Crippen LogP contribution in [0.4, 0.5) is 5.69 Å². The molecule has 2 aliphatic rings. The van der Waals surface area contributed by atoms with Crippen molar-refractivity contribution in [3.8, 4) is 6.07 Å². The molecule has 0 spiro atoms. The summed E-state index contributed by atoms with van der Waals surface area (Å²) in [5, 5.41) is 9.24. The first kappa shape index (κ1) is 15.3. The van der Waals surface area contributed by atoms with Gasteiger partial charge in [-0.15, -0.1) is 0 Å². The van der Waals surface area contributed by atoms with E-state index in [0.717, 1.165) is 31.4 Å². The number of piperazine rings is 1. The molecule has 2 aliphatic heterocycles. The summed E-state index contributed by atoms with van der Waals surface area (Å²) in [5.41, 5.74) is 1.53. The van der Waals surface area contributed by atoms with Crippen LogP contribution in [0.2, 0.25) is 0 Å². The lowest BCUT2D eigenvalue weighted by molar-refractivity contribution is 0.0793. The van der Waals surface area contributed by atoms with E-state index in [1.54, 1.807) is 6.20 Å².